The summed E-state index contributed by atoms with van der Waals surface area (Å²) in [6.07, 6.45) is 0. The highest BCUT2D eigenvalue weighted by atomic mass is 35.5. The Kier molecular flexibility index (Phi) is 2.72. The fraction of sp³-hybridized carbons (Fsp3) is 0. The predicted octanol–water partition coefficient (Wildman–Crippen LogP) is 3.85. The van der Waals surface area contributed by atoms with E-state index in [4.69, 9.17) is 21.1 Å². The lowest BCUT2D eigenvalue weighted by molar-refractivity contribution is 0.0697. The normalized spacial score (nSPS) is 10.8. The van der Waals surface area contributed by atoms with E-state index in [0.29, 0.717) is 22.0 Å². The maximum absolute atomic E-state index is 10.9. The van der Waals surface area contributed by atoms with Gasteiger partial charge in [0.15, 0.2) is 5.58 Å². The average Bonchev–Trinajstić information content (AvgIpc) is 2.82. The zero-order valence-electron chi connectivity index (χ0n) is 9.63. The molecule has 0 spiro atoms. The number of carbonyl (C=O) groups is 1. The van der Waals surface area contributed by atoms with E-state index in [9.17, 15) is 4.79 Å². The minimum atomic E-state index is -0.994. The van der Waals surface area contributed by atoms with Crippen LogP contribution >= 0.6 is 11.6 Å². The Bertz CT molecular complexity index is 762. The molecule has 0 amide bonds. The molecule has 3 rings (SSSR count). The zero-order valence-corrected chi connectivity index (χ0v) is 10.4. The van der Waals surface area contributed by atoms with Crippen LogP contribution in [0.2, 0.25) is 5.02 Å². The Morgan fingerprint density at radius 3 is 2.58 bits per heavy atom. The predicted molar refractivity (Wildman–Crippen MR) is 71.4 cm³/mol. The van der Waals surface area contributed by atoms with Crippen LogP contribution in [0.15, 0.2) is 46.9 Å². The SMILES string of the molecule is O=C(O)c1ccc2nc(-c3ccc(Cl)cc3)oc2c1. The summed E-state index contributed by atoms with van der Waals surface area (Å²) >= 11 is 5.82. The number of hydrogen-bond acceptors (Lipinski definition) is 3. The fourth-order valence-corrected chi connectivity index (χ4v) is 1.90. The second-order valence-electron chi connectivity index (χ2n) is 4.01. The van der Waals surface area contributed by atoms with Gasteiger partial charge in [0.25, 0.3) is 0 Å². The van der Waals surface area contributed by atoms with Crippen molar-refractivity contribution < 1.29 is 14.3 Å². The van der Waals surface area contributed by atoms with Crippen molar-refractivity contribution in [2.45, 2.75) is 0 Å². The molecule has 0 unspecified atom stereocenters. The molecule has 0 saturated heterocycles. The number of halogens is 1. The molecule has 0 fully saturated rings. The number of nitrogens with zero attached hydrogens (tertiary/aromatic N) is 1. The van der Waals surface area contributed by atoms with E-state index < -0.39 is 5.97 Å². The molecule has 0 bridgehead atoms. The maximum atomic E-state index is 10.9. The molecule has 1 aromatic heterocycles. The second kappa shape index (κ2) is 4.40. The Labute approximate surface area is 113 Å². The molecule has 0 aliphatic rings. The molecule has 0 saturated carbocycles. The van der Waals surface area contributed by atoms with Crippen LogP contribution in [0.25, 0.3) is 22.6 Å². The smallest absolute Gasteiger partial charge is 0.335 e. The first-order chi connectivity index (χ1) is 9.13. The molecule has 0 aliphatic heterocycles. The number of aromatic nitrogens is 1. The van der Waals surface area contributed by atoms with Crippen LogP contribution < -0.4 is 0 Å². The molecule has 94 valence electrons. The lowest BCUT2D eigenvalue weighted by Gasteiger charge is -1.94. The minimum absolute atomic E-state index is 0.173. The number of carboxylic acid groups (broad SMARTS) is 1. The summed E-state index contributed by atoms with van der Waals surface area (Å²) in [4.78, 5) is 15.2. The van der Waals surface area contributed by atoms with E-state index >= 15 is 0 Å². The number of carboxylic acids is 1. The summed E-state index contributed by atoms with van der Waals surface area (Å²) in [7, 11) is 0. The van der Waals surface area contributed by atoms with Crippen molar-refractivity contribution in [2.24, 2.45) is 0 Å². The highest BCUT2D eigenvalue weighted by Gasteiger charge is 2.10. The van der Waals surface area contributed by atoms with Crippen molar-refractivity contribution in [3.05, 3.63) is 53.1 Å². The van der Waals surface area contributed by atoms with E-state index in [1.165, 1.54) is 12.1 Å². The van der Waals surface area contributed by atoms with Gasteiger partial charge in [0.1, 0.15) is 5.52 Å². The lowest BCUT2D eigenvalue weighted by atomic mass is 10.2. The molecule has 0 radical (unpaired) electrons. The summed E-state index contributed by atoms with van der Waals surface area (Å²) in [6.45, 7) is 0. The Hall–Kier alpha value is -2.33. The molecular formula is C14H8ClNO3. The van der Waals surface area contributed by atoms with Crippen LogP contribution in [0.5, 0.6) is 0 Å². The Balaban J connectivity index is 2.11. The summed E-state index contributed by atoms with van der Waals surface area (Å²) < 4.78 is 5.57. The highest BCUT2D eigenvalue weighted by molar-refractivity contribution is 6.30. The van der Waals surface area contributed by atoms with Gasteiger partial charge in [0.05, 0.1) is 5.56 Å². The van der Waals surface area contributed by atoms with E-state index in [-0.39, 0.29) is 5.56 Å². The number of aromatic carboxylic acids is 1. The Morgan fingerprint density at radius 1 is 1.16 bits per heavy atom. The molecule has 5 heteroatoms. The molecule has 1 N–H and O–H groups in total. The van der Waals surface area contributed by atoms with Crippen molar-refractivity contribution in [3.8, 4) is 11.5 Å². The Morgan fingerprint density at radius 2 is 1.89 bits per heavy atom. The van der Waals surface area contributed by atoms with Gasteiger partial charge < -0.3 is 9.52 Å². The number of benzene rings is 2. The third-order valence-electron chi connectivity index (χ3n) is 2.73. The molecule has 3 aromatic rings. The van der Waals surface area contributed by atoms with Gasteiger partial charge in [-0.25, -0.2) is 9.78 Å². The molecular weight excluding hydrogens is 266 g/mol. The van der Waals surface area contributed by atoms with Crippen molar-refractivity contribution >= 4 is 28.7 Å². The number of hydrogen-bond donors (Lipinski definition) is 1. The lowest BCUT2D eigenvalue weighted by Crippen LogP contribution is -1.94. The van der Waals surface area contributed by atoms with Crippen molar-refractivity contribution in [1.82, 2.24) is 4.98 Å². The molecule has 4 nitrogen and oxygen atoms in total. The summed E-state index contributed by atoms with van der Waals surface area (Å²) in [5.41, 5.74) is 2.03. The van der Waals surface area contributed by atoms with Crippen LogP contribution in [0.1, 0.15) is 10.4 Å². The zero-order chi connectivity index (χ0) is 13.4. The quantitative estimate of drug-likeness (QED) is 0.770. The maximum Gasteiger partial charge on any atom is 0.335 e. The molecule has 1 heterocycles. The first-order valence-corrected chi connectivity index (χ1v) is 5.91. The summed E-state index contributed by atoms with van der Waals surface area (Å²) in [5, 5.41) is 9.55. The van der Waals surface area contributed by atoms with Gasteiger partial charge >= 0.3 is 5.97 Å². The van der Waals surface area contributed by atoms with Crippen LogP contribution in [0.3, 0.4) is 0 Å². The van der Waals surface area contributed by atoms with Crippen LogP contribution in [0, 0.1) is 0 Å². The molecule has 0 atom stereocenters. The number of oxazole rings is 1. The van der Waals surface area contributed by atoms with Crippen molar-refractivity contribution in [1.29, 1.82) is 0 Å². The van der Waals surface area contributed by atoms with Gasteiger partial charge in [0, 0.05) is 10.6 Å². The standard InChI is InChI=1S/C14H8ClNO3/c15-10-4-1-8(2-5-10)13-16-11-6-3-9(14(17)18)7-12(11)19-13/h1-7H,(H,17,18). The van der Waals surface area contributed by atoms with E-state index in [1.807, 2.05) is 0 Å². The second-order valence-corrected chi connectivity index (χ2v) is 4.45. The van der Waals surface area contributed by atoms with E-state index in [0.717, 1.165) is 5.56 Å². The van der Waals surface area contributed by atoms with Crippen molar-refractivity contribution in [2.75, 3.05) is 0 Å². The van der Waals surface area contributed by atoms with Gasteiger partial charge in [-0.3, -0.25) is 0 Å². The molecule has 19 heavy (non-hydrogen) atoms. The van der Waals surface area contributed by atoms with Gasteiger partial charge in [-0.2, -0.15) is 0 Å². The van der Waals surface area contributed by atoms with E-state index in [2.05, 4.69) is 4.98 Å². The van der Waals surface area contributed by atoms with Crippen molar-refractivity contribution in [3.63, 3.8) is 0 Å². The molecule has 0 aliphatic carbocycles. The first-order valence-electron chi connectivity index (χ1n) is 5.53. The average molecular weight is 274 g/mol. The summed E-state index contributed by atoms with van der Waals surface area (Å²) in [6, 6.07) is 11.7. The van der Waals surface area contributed by atoms with Crippen LogP contribution in [-0.4, -0.2) is 16.1 Å². The largest absolute Gasteiger partial charge is 0.478 e. The number of rotatable bonds is 2. The number of fused-ring (bicyclic) bond motifs is 1. The van der Waals surface area contributed by atoms with E-state index in [1.54, 1.807) is 30.3 Å². The van der Waals surface area contributed by atoms with Crippen LogP contribution in [0.4, 0.5) is 0 Å². The topological polar surface area (TPSA) is 63.3 Å². The van der Waals surface area contributed by atoms with Gasteiger partial charge in [-0.15, -0.1) is 0 Å². The van der Waals surface area contributed by atoms with Gasteiger partial charge in [-0.05, 0) is 42.5 Å². The van der Waals surface area contributed by atoms with Gasteiger partial charge in [-0.1, -0.05) is 11.6 Å². The van der Waals surface area contributed by atoms with Crippen LogP contribution in [-0.2, 0) is 0 Å². The minimum Gasteiger partial charge on any atom is -0.478 e. The van der Waals surface area contributed by atoms with Gasteiger partial charge in [0.2, 0.25) is 5.89 Å². The third-order valence-corrected chi connectivity index (χ3v) is 2.98. The highest BCUT2D eigenvalue weighted by Crippen LogP contribution is 2.25. The molecule has 2 aromatic carbocycles. The summed E-state index contributed by atoms with van der Waals surface area (Å²) in [5.74, 6) is -0.555. The first kappa shape index (κ1) is 11.7. The third kappa shape index (κ3) is 2.18. The monoisotopic (exact) mass is 273 g/mol. The fourth-order valence-electron chi connectivity index (χ4n) is 1.77.